The molecule has 0 aromatic heterocycles. The highest BCUT2D eigenvalue weighted by molar-refractivity contribution is 7.87. The van der Waals surface area contributed by atoms with E-state index in [1.807, 2.05) is 4.72 Å². The largest absolute Gasteiger partial charge is 0.409 e. The number of alkyl halides is 3. The van der Waals surface area contributed by atoms with Crippen LogP contribution in [0.1, 0.15) is 32.1 Å². The van der Waals surface area contributed by atoms with E-state index in [1.54, 1.807) is 0 Å². The second-order valence-electron chi connectivity index (χ2n) is 4.96. The third-order valence-electron chi connectivity index (χ3n) is 3.30. The van der Waals surface area contributed by atoms with Crippen LogP contribution in [0, 0.1) is 5.92 Å². The monoisotopic (exact) mass is 332 g/mol. The second-order valence-corrected chi connectivity index (χ2v) is 6.49. The normalized spacial score (nSPS) is 20.4. The van der Waals surface area contributed by atoms with Gasteiger partial charge in [-0.25, -0.2) is 0 Å². The maximum absolute atomic E-state index is 12.1. The number of oxime groups is 1. The van der Waals surface area contributed by atoms with Gasteiger partial charge >= 0.3 is 6.18 Å². The number of nitrogens with two attached hydrogens (primary N) is 1. The predicted molar refractivity (Wildman–Crippen MR) is 69.9 cm³/mol. The van der Waals surface area contributed by atoms with Crippen molar-refractivity contribution in [2.45, 2.75) is 44.3 Å². The number of hydrogen-bond donors (Lipinski definition) is 4. The number of halogens is 3. The highest BCUT2D eigenvalue weighted by Gasteiger charge is 2.33. The minimum absolute atomic E-state index is 0.211. The molecule has 0 saturated heterocycles. The molecule has 0 aliphatic heterocycles. The molecule has 0 aromatic rings. The lowest BCUT2D eigenvalue weighted by Gasteiger charge is -2.29. The molecule has 1 saturated carbocycles. The second kappa shape index (κ2) is 7.27. The van der Waals surface area contributed by atoms with Crippen LogP contribution in [0.5, 0.6) is 0 Å². The first-order valence-electron chi connectivity index (χ1n) is 6.46. The molecule has 1 aliphatic rings. The molecule has 1 fully saturated rings. The van der Waals surface area contributed by atoms with E-state index in [0.29, 0.717) is 12.8 Å². The van der Waals surface area contributed by atoms with Gasteiger partial charge in [0.15, 0.2) is 5.84 Å². The van der Waals surface area contributed by atoms with Crippen molar-refractivity contribution < 1.29 is 26.8 Å². The molecule has 1 aliphatic carbocycles. The average molecular weight is 332 g/mol. The van der Waals surface area contributed by atoms with Crippen LogP contribution >= 0.6 is 0 Å². The van der Waals surface area contributed by atoms with Crippen LogP contribution in [-0.2, 0) is 10.2 Å². The Bertz CT molecular complexity index is 461. The summed E-state index contributed by atoms with van der Waals surface area (Å²) in [6, 6.07) is -1.03. The summed E-state index contributed by atoms with van der Waals surface area (Å²) in [5.74, 6) is -0.573. The van der Waals surface area contributed by atoms with Gasteiger partial charge < -0.3 is 10.9 Å². The van der Waals surface area contributed by atoms with Gasteiger partial charge in [-0.1, -0.05) is 24.4 Å². The van der Waals surface area contributed by atoms with Crippen LogP contribution in [0.3, 0.4) is 0 Å². The summed E-state index contributed by atoms with van der Waals surface area (Å²) in [6.07, 6.45) is -0.634. The summed E-state index contributed by atoms with van der Waals surface area (Å²) in [6.45, 7) is -1.68. The predicted octanol–water partition coefficient (Wildman–Crippen LogP) is 0.668. The van der Waals surface area contributed by atoms with E-state index in [4.69, 9.17) is 10.9 Å². The Balaban J connectivity index is 2.75. The zero-order valence-electron chi connectivity index (χ0n) is 11.2. The molecule has 0 radical (unpaired) electrons. The van der Waals surface area contributed by atoms with Gasteiger partial charge in [-0.2, -0.15) is 31.0 Å². The molecule has 0 aromatic carbocycles. The first kappa shape index (κ1) is 18.0. The Morgan fingerprint density at radius 1 is 1.33 bits per heavy atom. The van der Waals surface area contributed by atoms with E-state index < -0.39 is 29.0 Å². The molecule has 21 heavy (non-hydrogen) atoms. The maximum atomic E-state index is 12.1. The lowest BCUT2D eigenvalue weighted by atomic mass is 9.84. The molecule has 7 nitrogen and oxygen atoms in total. The van der Waals surface area contributed by atoms with E-state index in [9.17, 15) is 21.6 Å². The summed E-state index contributed by atoms with van der Waals surface area (Å²) < 4.78 is 62.9. The zero-order valence-corrected chi connectivity index (χ0v) is 12.0. The van der Waals surface area contributed by atoms with Crippen molar-refractivity contribution in [3.8, 4) is 0 Å². The Morgan fingerprint density at radius 3 is 2.38 bits per heavy atom. The van der Waals surface area contributed by atoms with Crippen molar-refractivity contribution in [3.05, 3.63) is 0 Å². The van der Waals surface area contributed by atoms with E-state index >= 15 is 0 Å². The van der Waals surface area contributed by atoms with Crippen molar-refractivity contribution in [2.75, 3.05) is 6.54 Å². The van der Waals surface area contributed by atoms with Gasteiger partial charge in [0.25, 0.3) is 10.2 Å². The number of rotatable bonds is 6. The van der Waals surface area contributed by atoms with Crippen molar-refractivity contribution in [1.29, 1.82) is 0 Å². The van der Waals surface area contributed by atoms with Crippen molar-refractivity contribution >= 4 is 16.0 Å². The van der Waals surface area contributed by atoms with Gasteiger partial charge in [-0.3, -0.25) is 0 Å². The van der Waals surface area contributed by atoms with Gasteiger partial charge in [-0.15, -0.1) is 0 Å². The molecule has 0 heterocycles. The standard InChI is InChI=1S/C10H19F3N4O3S/c11-10(12,13)6-15-21(19,20)17-8(9(14)16-18)7-4-2-1-3-5-7/h7-8,15,17-18H,1-6H2,(H2,14,16). The Hall–Kier alpha value is -1.07. The molecular weight excluding hydrogens is 313 g/mol. The molecule has 1 atom stereocenters. The lowest BCUT2D eigenvalue weighted by molar-refractivity contribution is -0.121. The number of amidine groups is 1. The summed E-state index contributed by atoms with van der Waals surface area (Å²) in [4.78, 5) is 0. The smallest absolute Gasteiger partial charge is 0.402 e. The van der Waals surface area contributed by atoms with Crippen LogP contribution in [0.2, 0.25) is 0 Å². The molecular formula is C10H19F3N4O3S. The Morgan fingerprint density at radius 2 is 1.90 bits per heavy atom. The Kier molecular flexibility index (Phi) is 6.23. The summed E-state index contributed by atoms with van der Waals surface area (Å²) in [5.41, 5.74) is 5.46. The molecule has 11 heteroatoms. The first-order valence-corrected chi connectivity index (χ1v) is 7.94. The van der Waals surface area contributed by atoms with E-state index in [1.165, 1.54) is 4.72 Å². The van der Waals surface area contributed by atoms with E-state index in [-0.39, 0.29) is 11.8 Å². The Labute approximate surface area is 120 Å². The molecule has 0 bridgehead atoms. The van der Waals surface area contributed by atoms with Crippen LogP contribution < -0.4 is 15.2 Å². The van der Waals surface area contributed by atoms with Crippen molar-refractivity contribution in [3.63, 3.8) is 0 Å². The molecule has 124 valence electrons. The fraction of sp³-hybridized carbons (Fsp3) is 0.900. The SMILES string of the molecule is NC(=NO)C(NS(=O)(=O)NCC(F)(F)F)C1CCCCC1. The molecule has 1 rings (SSSR count). The molecule has 0 amide bonds. The number of nitrogens with zero attached hydrogens (tertiary/aromatic N) is 1. The van der Waals surface area contributed by atoms with E-state index in [0.717, 1.165) is 19.3 Å². The van der Waals surface area contributed by atoms with Gasteiger partial charge in [0.1, 0.15) is 6.54 Å². The lowest BCUT2D eigenvalue weighted by Crippen LogP contribution is -2.53. The summed E-state index contributed by atoms with van der Waals surface area (Å²) >= 11 is 0. The van der Waals surface area contributed by atoms with Crippen LogP contribution in [0.4, 0.5) is 13.2 Å². The first-order chi connectivity index (χ1) is 9.64. The van der Waals surface area contributed by atoms with Gasteiger partial charge in [0.2, 0.25) is 0 Å². The third-order valence-corrected chi connectivity index (χ3v) is 4.39. The summed E-state index contributed by atoms with van der Waals surface area (Å²) in [5, 5.41) is 11.5. The third kappa shape index (κ3) is 6.48. The maximum Gasteiger partial charge on any atom is 0.402 e. The summed E-state index contributed by atoms with van der Waals surface area (Å²) in [7, 11) is -4.41. The van der Waals surface area contributed by atoms with Crippen molar-refractivity contribution in [2.24, 2.45) is 16.8 Å². The van der Waals surface area contributed by atoms with Crippen LogP contribution in [0.25, 0.3) is 0 Å². The fourth-order valence-corrected chi connectivity index (χ4v) is 3.40. The quantitative estimate of drug-likeness (QED) is 0.247. The van der Waals surface area contributed by atoms with Gasteiger partial charge in [0, 0.05) is 0 Å². The van der Waals surface area contributed by atoms with Crippen LogP contribution in [-0.4, -0.2) is 38.2 Å². The van der Waals surface area contributed by atoms with Crippen molar-refractivity contribution in [1.82, 2.24) is 9.44 Å². The number of nitrogens with one attached hydrogen (secondary N) is 2. The highest BCUT2D eigenvalue weighted by Crippen LogP contribution is 2.27. The highest BCUT2D eigenvalue weighted by atomic mass is 32.2. The molecule has 5 N–H and O–H groups in total. The van der Waals surface area contributed by atoms with Gasteiger partial charge in [-0.05, 0) is 18.8 Å². The topological polar surface area (TPSA) is 117 Å². The minimum atomic E-state index is -4.66. The minimum Gasteiger partial charge on any atom is -0.409 e. The molecule has 1 unspecified atom stereocenters. The zero-order chi connectivity index (χ0) is 16.1. The number of hydrogen-bond acceptors (Lipinski definition) is 4. The molecule has 0 spiro atoms. The van der Waals surface area contributed by atoms with E-state index in [2.05, 4.69) is 5.16 Å². The average Bonchev–Trinajstić information content (AvgIpc) is 2.42. The fourth-order valence-electron chi connectivity index (χ4n) is 2.31. The van der Waals surface area contributed by atoms with Crippen LogP contribution in [0.15, 0.2) is 5.16 Å². The van der Waals surface area contributed by atoms with Gasteiger partial charge in [0.05, 0.1) is 6.04 Å².